The average Bonchev–Trinajstić information content (AvgIpc) is 0.916. The molecule has 0 aliphatic rings. The van der Waals surface area contributed by atoms with Gasteiger partial charge in [-0.05, 0) is 154 Å². The smallest absolute Gasteiger partial charge is 0.462 e. The van der Waals surface area contributed by atoms with Crippen molar-refractivity contribution in [3.63, 3.8) is 0 Å². The molecule has 0 rings (SSSR count). The van der Waals surface area contributed by atoms with E-state index in [2.05, 4.69) is 233 Å². The maximum absolute atomic E-state index is 12.9. The molecule has 0 spiro atoms. The van der Waals surface area contributed by atoms with E-state index in [0.717, 1.165) is 161 Å². The van der Waals surface area contributed by atoms with Gasteiger partial charge >= 0.3 is 19.8 Å². The molecule has 0 aliphatic heterocycles. The van der Waals surface area contributed by atoms with E-state index < -0.39 is 26.5 Å². The number of quaternary nitrogens is 1. The number of ether oxygens (including phenoxy) is 2. The van der Waals surface area contributed by atoms with E-state index in [-0.39, 0.29) is 32.0 Å². The summed E-state index contributed by atoms with van der Waals surface area (Å²) in [6, 6.07) is 0. The molecule has 9 nitrogen and oxygen atoms in total. The number of unbranched alkanes of at least 4 members (excludes halogenated alkanes) is 22. The number of phosphoric ester groups is 1. The first-order valence-electron chi connectivity index (χ1n) is 40.5. The van der Waals surface area contributed by atoms with Gasteiger partial charge in [0.2, 0.25) is 0 Å². The maximum atomic E-state index is 12.9. The summed E-state index contributed by atoms with van der Waals surface area (Å²) in [5.41, 5.74) is 0. The molecule has 0 heterocycles. The average molecular weight is 1430 g/mol. The molecule has 0 aromatic heterocycles. The number of allylic oxidation sites excluding steroid dienone is 36. The first-order chi connectivity index (χ1) is 50.0. The highest BCUT2D eigenvalue weighted by Crippen LogP contribution is 2.43. The first kappa shape index (κ1) is 96.3. The number of hydrogen-bond donors (Lipinski definition) is 1. The number of hydrogen-bond acceptors (Lipinski definition) is 7. The highest BCUT2D eigenvalue weighted by atomic mass is 31.2. The Morgan fingerprint density at radius 3 is 0.784 bits per heavy atom. The van der Waals surface area contributed by atoms with Gasteiger partial charge in [0.25, 0.3) is 0 Å². The van der Waals surface area contributed by atoms with Crippen molar-refractivity contribution in [2.75, 3.05) is 47.5 Å². The molecule has 0 bridgehead atoms. The zero-order valence-corrected chi connectivity index (χ0v) is 66.4. The van der Waals surface area contributed by atoms with Crippen molar-refractivity contribution in [1.29, 1.82) is 0 Å². The molecule has 2 unspecified atom stereocenters. The predicted octanol–water partition coefficient (Wildman–Crippen LogP) is 27.5. The van der Waals surface area contributed by atoms with E-state index in [1.54, 1.807) is 0 Å². The quantitative estimate of drug-likeness (QED) is 0.0211. The van der Waals surface area contributed by atoms with Crippen LogP contribution in [0.5, 0.6) is 0 Å². The summed E-state index contributed by atoms with van der Waals surface area (Å²) >= 11 is 0. The van der Waals surface area contributed by atoms with Crippen LogP contribution < -0.4 is 0 Å². The molecule has 574 valence electrons. The summed E-state index contributed by atoms with van der Waals surface area (Å²) in [7, 11) is 1.45. The number of esters is 2. The Hall–Kier alpha value is -5.67. The molecular formula is C92H149NO8P+. The zero-order valence-electron chi connectivity index (χ0n) is 65.5. The van der Waals surface area contributed by atoms with Crippen LogP contribution in [0.15, 0.2) is 219 Å². The van der Waals surface area contributed by atoms with Gasteiger partial charge in [-0.15, -0.1) is 0 Å². The maximum Gasteiger partial charge on any atom is 0.472 e. The normalized spacial score (nSPS) is 14.2. The van der Waals surface area contributed by atoms with Crippen molar-refractivity contribution in [1.82, 2.24) is 0 Å². The number of likely N-dealkylation sites (N-methyl/N-ethyl adjacent to an activating group) is 1. The van der Waals surface area contributed by atoms with Crippen LogP contribution in [-0.2, 0) is 32.7 Å². The molecule has 102 heavy (non-hydrogen) atoms. The molecule has 0 aromatic carbocycles. The lowest BCUT2D eigenvalue weighted by Gasteiger charge is -2.24. The fraction of sp³-hybridized carbons (Fsp3) is 0.587. The van der Waals surface area contributed by atoms with Crippen LogP contribution in [0.2, 0.25) is 0 Å². The van der Waals surface area contributed by atoms with Gasteiger partial charge in [0.1, 0.15) is 19.8 Å². The van der Waals surface area contributed by atoms with Gasteiger partial charge in [-0.1, -0.05) is 348 Å². The number of rotatable bonds is 72. The largest absolute Gasteiger partial charge is 0.472 e. The third-order valence-corrected chi connectivity index (χ3v) is 17.5. The van der Waals surface area contributed by atoms with Gasteiger partial charge in [-0.2, -0.15) is 0 Å². The number of phosphoric acid groups is 1. The van der Waals surface area contributed by atoms with E-state index in [1.807, 2.05) is 21.1 Å². The van der Waals surface area contributed by atoms with Crippen molar-refractivity contribution >= 4 is 19.8 Å². The van der Waals surface area contributed by atoms with E-state index >= 15 is 0 Å². The lowest BCUT2D eigenvalue weighted by molar-refractivity contribution is -0.870. The second-order valence-electron chi connectivity index (χ2n) is 27.3. The van der Waals surface area contributed by atoms with Gasteiger partial charge in [-0.25, -0.2) is 4.57 Å². The van der Waals surface area contributed by atoms with E-state index in [4.69, 9.17) is 18.5 Å². The number of carbonyl (C=O) groups is 2. The molecule has 1 N–H and O–H groups in total. The summed E-state index contributed by atoms with van der Waals surface area (Å²) in [5.74, 6) is -0.819. The molecular weight excluding hydrogens is 1280 g/mol. The zero-order chi connectivity index (χ0) is 74.0. The molecule has 0 aliphatic carbocycles. The highest BCUT2D eigenvalue weighted by Gasteiger charge is 2.27. The first-order valence-corrected chi connectivity index (χ1v) is 42.0. The molecule has 0 radical (unpaired) electrons. The van der Waals surface area contributed by atoms with Crippen molar-refractivity contribution in [2.24, 2.45) is 0 Å². The van der Waals surface area contributed by atoms with Gasteiger partial charge < -0.3 is 18.9 Å². The Balaban J connectivity index is 4.09. The molecule has 0 saturated heterocycles. The minimum Gasteiger partial charge on any atom is -0.462 e. The van der Waals surface area contributed by atoms with E-state index in [0.29, 0.717) is 17.4 Å². The van der Waals surface area contributed by atoms with Crippen LogP contribution in [0.25, 0.3) is 0 Å². The summed E-state index contributed by atoms with van der Waals surface area (Å²) < 4.78 is 34.8. The van der Waals surface area contributed by atoms with Crippen molar-refractivity contribution < 1.29 is 42.1 Å². The highest BCUT2D eigenvalue weighted by molar-refractivity contribution is 7.47. The summed E-state index contributed by atoms with van der Waals surface area (Å²) in [5, 5.41) is 0. The van der Waals surface area contributed by atoms with Crippen molar-refractivity contribution in [2.45, 2.75) is 302 Å². The molecule has 0 saturated carbocycles. The van der Waals surface area contributed by atoms with Crippen LogP contribution in [-0.4, -0.2) is 74.9 Å². The Labute approximate surface area is 627 Å². The summed E-state index contributed by atoms with van der Waals surface area (Å²) in [4.78, 5) is 36.0. The summed E-state index contributed by atoms with van der Waals surface area (Å²) in [6.07, 6.45) is 126. The van der Waals surface area contributed by atoms with Crippen LogP contribution in [0.1, 0.15) is 296 Å². The Kier molecular flexibility index (Phi) is 75.0. The van der Waals surface area contributed by atoms with Gasteiger partial charge in [-0.3, -0.25) is 18.6 Å². The third-order valence-electron chi connectivity index (χ3n) is 16.5. The van der Waals surface area contributed by atoms with Crippen LogP contribution >= 0.6 is 7.82 Å². The fourth-order valence-electron chi connectivity index (χ4n) is 10.4. The lowest BCUT2D eigenvalue weighted by Crippen LogP contribution is -2.37. The molecule has 0 amide bonds. The van der Waals surface area contributed by atoms with Crippen molar-refractivity contribution in [3.8, 4) is 0 Å². The molecule has 0 fully saturated rings. The monoisotopic (exact) mass is 1430 g/mol. The standard InChI is InChI=1S/C92H148NO8P/c1-6-8-10-12-14-16-18-20-22-24-26-28-30-32-34-36-38-40-42-44-45-46-47-49-51-53-55-57-59-61-63-65-67-69-71-73-75-77-79-81-83-85-92(95)101-90(89-100-102(96,97)99-87-86-93(3,4)5)88-98-91(94)84-82-80-78-76-74-72-70-68-66-64-62-60-58-56-54-52-50-48-43-41-39-37-35-33-31-29-27-25-23-21-19-17-15-13-11-9-7-2/h8-11,14-17,20-23,26-29,32-35,38-41,44-45,47-50,53,55,59,61,65,67,90H,6-7,12-13,18-19,24-25,30-31,36-37,42-43,46,51-52,54,56-58,60,62-64,66,68-89H2,1-5H3/p+1/b10-8-,11-9-,16-14-,17-15-,22-20-,23-21-,28-26-,29-27-,34-32-,35-33-,40-38-,41-39-,45-44-,49-47-,50-48-,55-53-,61-59-,67-65-. The fourth-order valence-corrected chi connectivity index (χ4v) is 11.2. The van der Waals surface area contributed by atoms with Crippen molar-refractivity contribution in [3.05, 3.63) is 219 Å². The second kappa shape index (κ2) is 79.4. The predicted molar refractivity (Wildman–Crippen MR) is 444 cm³/mol. The summed E-state index contributed by atoms with van der Waals surface area (Å²) in [6.45, 7) is 4.18. The van der Waals surface area contributed by atoms with Gasteiger partial charge in [0.15, 0.2) is 6.10 Å². The minimum atomic E-state index is -4.41. The SMILES string of the molecule is CC/C=C\C/C=C\C/C=C\C/C=C\C/C=C\C/C=C\C/C=C\C/C=C\C/C=C\C/C=C\C/C=C\CCCCCCCCCC(=O)OC(COC(=O)CCCCCCCCCCCCCCCCC/C=C\C/C=C\C/C=C\C/C=C\C/C=C\C/C=C\C/C=C\CC)COP(=O)(O)OCC[N+](C)(C)C. The van der Waals surface area contributed by atoms with E-state index in [9.17, 15) is 19.0 Å². The van der Waals surface area contributed by atoms with Crippen LogP contribution in [0.3, 0.4) is 0 Å². The molecule has 2 atom stereocenters. The number of nitrogens with zero attached hydrogens (tertiary/aromatic N) is 1. The third kappa shape index (κ3) is 83.3. The van der Waals surface area contributed by atoms with E-state index in [1.165, 1.54) is 103 Å². The second-order valence-corrected chi connectivity index (χ2v) is 28.8. The molecule has 0 aromatic rings. The Bertz CT molecular complexity index is 2530. The van der Waals surface area contributed by atoms with Crippen LogP contribution in [0.4, 0.5) is 0 Å². The molecule has 10 heteroatoms. The lowest BCUT2D eigenvalue weighted by atomic mass is 10.0. The van der Waals surface area contributed by atoms with Crippen LogP contribution in [0, 0.1) is 0 Å². The Morgan fingerprint density at radius 1 is 0.304 bits per heavy atom. The topological polar surface area (TPSA) is 108 Å². The van der Waals surface area contributed by atoms with Gasteiger partial charge in [0, 0.05) is 12.8 Å². The van der Waals surface area contributed by atoms with Gasteiger partial charge in [0.05, 0.1) is 27.7 Å². The minimum absolute atomic E-state index is 0.0194. The number of carbonyl (C=O) groups excluding carboxylic acids is 2. The Morgan fingerprint density at radius 2 is 0.529 bits per heavy atom.